The Morgan fingerprint density at radius 2 is 2.29 bits per heavy atom. The van der Waals surface area contributed by atoms with Crippen LogP contribution in [0.25, 0.3) is 0 Å². The van der Waals surface area contributed by atoms with Gasteiger partial charge in [0.25, 0.3) is 0 Å². The average molecular weight is 317 g/mol. The summed E-state index contributed by atoms with van der Waals surface area (Å²) in [4.78, 5) is 1.42. The van der Waals surface area contributed by atoms with Crippen molar-refractivity contribution in [1.29, 1.82) is 0 Å². The quantitative estimate of drug-likeness (QED) is 0.938. The van der Waals surface area contributed by atoms with Crippen LogP contribution in [0.4, 0.5) is 0 Å². The molecular weight excluding hydrogens is 306 g/mol. The van der Waals surface area contributed by atoms with Gasteiger partial charge in [0.15, 0.2) is 5.82 Å². The Kier molecular flexibility index (Phi) is 3.76. The Balaban J connectivity index is 2.14. The summed E-state index contributed by atoms with van der Waals surface area (Å²) < 4.78 is 0.833. The van der Waals surface area contributed by atoms with E-state index in [0.29, 0.717) is 17.3 Å². The normalized spacial score (nSPS) is 12.7. The highest BCUT2D eigenvalue weighted by atomic mass is 79.9. The van der Waals surface area contributed by atoms with Gasteiger partial charge in [0.2, 0.25) is 0 Å². The summed E-state index contributed by atoms with van der Waals surface area (Å²) in [6.07, 6.45) is 0.544. The summed E-state index contributed by atoms with van der Waals surface area (Å²) in [5.41, 5.74) is 7.05. The van der Waals surface area contributed by atoms with E-state index < -0.39 is 0 Å². The fourth-order valence-corrected chi connectivity index (χ4v) is 1.98. The summed E-state index contributed by atoms with van der Waals surface area (Å²) in [7, 11) is 1.72. The van der Waals surface area contributed by atoms with E-state index in [1.807, 2.05) is 18.2 Å². The number of benzene rings is 1. The summed E-state index contributed by atoms with van der Waals surface area (Å²) in [6.45, 7) is 0. The largest absolute Gasteiger partial charge is 0.324 e. The molecule has 2 aromatic rings. The molecule has 0 saturated heterocycles. The first-order valence-corrected chi connectivity index (χ1v) is 6.17. The standard InChI is InChI=1S/C10H11BrClN5/c1-17-15-10(14-16-17)5-9(13)6-2-3-8(12)7(11)4-6/h2-4,9H,5,13H2,1H3. The molecule has 1 unspecified atom stereocenters. The van der Waals surface area contributed by atoms with Gasteiger partial charge >= 0.3 is 0 Å². The second-order valence-corrected chi connectivity index (χ2v) is 4.94. The van der Waals surface area contributed by atoms with E-state index in [0.717, 1.165) is 10.0 Å². The van der Waals surface area contributed by atoms with E-state index >= 15 is 0 Å². The van der Waals surface area contributed by atoms with Crippen LogP contribution in [0.5, 0.6) is 0 Å². The van der Waals surface area contributed by atoms with Gasteiger partial charge in [0.1, 0.15) is 0 Å². The molecule has 0 saturated carbocycles. The maximum absolute atomic E-state index is 6.07. The monoisotopic (exact) mass is 315 g/mol. The fourth-order valence-electron chi connectivity index (χ4n) is 1.46. The van der Waals surface area contributed by atoms with Gasteiger partial charge in [0.05, 0.1) is 12.1 Å². The van der Waals surface area contributed by atoms with Gasteiger partial charge in [-0.3, -0.25) is 0 Å². The van der Waals surface area contributed by atoms with Crippen LogP contribution < -0.4 is 5.73 Å². The Labute approximate surface area is 112 Å². The minimum Gasteiger partial charge on any atom is -0.324 e. The number of tetrazole rings is 1. The molecule has 0 spiro atoms. The molecule has 0 bridgehead atoms. The van der Waals surface area contributed by atoms with Crippen molar-refractivity contribution >= 4 is 27.5 Å². The molecule has 17 heavy (non-hydrogen) atoms. The van der Waals surface area contributed by atoms with Crippen LogP contribution in [0.2, 0.25) is 5.02 Å². The van der Waals surface area contributed by atoms with Gasteiger partial charge in [-0.2, -0.15) is 4.80 Å². The van der Waals surface area contributed by atoms with Crippen molar-refractivity contribution in [2.75, 3.05) is 0 Å². The Bertz CT molecular complexity index is 527. The van der Waals surface area contributed by atoms with Gasteiger partial charge < -0.3 is 5.73 Å². The van der Waals surface area contributed by atoms with E-state index in [1.165, 1.54) is 4.80 Å². The summed E-state index contributed by atoms with van der Waals surface area (Å²) in [5.74, 6) is 0.631. The number of nitrogens with zero attached hydrogens (tertiary/aromatic N) is 4. The van der Waals surface area contributed by atoms with Crippen LogP contribution in [-0.2, 0) is 13.5 Å². The van der Waals surface area contributed by atoms with Gasteiger partial charge in [-0.1, -0.05) is 17.7 Å². The first kappa shape index (κ1) is 12.5. The van der Waals surface area contributed by atoms with Crippen molar-refractivity contribution in [1.82, 2.24) is 20.2 Å². The molecule has 0 aliphatic rings. The summed E-state index contributed by atoms with van der Waals surface area (Å²) in [5, 5.41) is 12.4. The van der Waals surface area contributed by atoms with Crippen LogP contribution in [0.15, 0.2) is 22.7 Å². The highest BCUT2D eigenvalue weighted by molar-refractivity contribution is 9.10. The maximum Gasteiger partial charge on any atom is 0.176 e. The summed E-state index contributed by atoms with van der Waals surface area (Å²) in [6, 6.07) is 5.44. The minimum atomic E-state index is -0.173. The highest BCUT2D eigenvalue weighted by Crippen LogP contribution is 2.26. The lowest BCUT2D eigenvalue weighted by atomic mass is 10.0. The molecule has 0 aliphatic heterocycles. The topological polar surface area (TPSA) is 69.6 Å². The lowest BCUT2D eigenvalue weighted by Crippen LogP contribution is -2.14. The van der Waals surface area contributed by atoms with E-state index in [-0.39, 0.29) is 6.04 Å². The third kappa shape index (κ3) is 3.02. The predicted molar refractivity (Wildman–Crippen MR) is 68.6 cm³/mol. The van der Waals surface area contributed by atoms with Crippen molar-refractivity contribution in [3.05, 3.63) is 39.1 Å². The average Bonchev–Trinajstić information content (AvgIpc) is 2.68. The number of hydrogen-bond acceptors (Lipinski definition) is 4. The zero-order chi connectivity index (χ0) is 12.4. The third-order valence-electron chi connectivity index (χ3n) is 2.32. The van der Waals surface area contributed by atoms with Crippen LogP contribution in [0, 0.1) is 0 Å². The van der Waals surface area contributed by atoms with Gasteiger partial charge in [0, 0.05) is 16.9 Å². The maximum atomic E-state index is 6.07. The van der Waals surface area contributed by atoms with Crippen LogP contribution in [-0.4, -0.2) is 20.2 Å². The molecular formula is C10H11BrClN5. The molecule has 1 aromatic heterocycles. The third-order valence-corrected chi connectivity index (χ3v) is 3.54. The molecule has 1 heterocycles. The van der Waals surface area contributed by atoms with Crippen molar-refractivity contribution in [3.63, 3.8) is 0 Å². The smallest absolute Gasteiger partial charge is 0.176 e. The van der Waals surface area contributed by atoms with E-state index in [4.69, 9.17) is 17.3 Å². The molecule has 0 amide bonds. The first-order valence-electron chi connectivity index (χ1n) is 4.99. The molecule has 0 fully saturated rings. The van der Waals surface area contributed by atoms with Crippen molar-refractivity contribution in [2.24, 2.45) is 12.8 Å². The van der Waals surface area contributed by atoms with Gasteiger partial charge in [-0.25, -0.2) is 0 Å². The number of halogens is 2. The second-order valence-electron chi connectivity index (χ2n) is 3.68. The number of nitrogens with two attached hydrogens (primary N) is 1. The van der Waals surface area contributed by atoms with E-state index in [2.05, 4.69) is 31.3 Å². The van der Waals surface area contributed by atoms with Crippen LogP contribution >= 0.6 is 27.5 Å². The lowest BCUT2D eigenvalue weighted by Gasteiger charge is -2.10. The second kappa shape index (κ2) is 5.12. The van der Waals surface area contributed by atoms with E-state index in [1.54, 1.807) is 7.05 Å². The summed E-state index contributed by atoms with van der Waals surface area (Å²) >= 11 is 9.29. The predicted octanol–water partition coefficient (Wildman–Crippen LogP) is 1.87. The fraction of sp³-hybridized carbons (Fsp3) is 0.300. The van der Waals surface area contributed by atoms with Crippen molar-refractivity contribution < 1.29 is 0 Å². The SMILES string of the molecule is Cn1nnc(CC(N)c2ccc(Cl)c(Br)c2)n1. The first-order chi connectivity index (χ1) is 8.06. The van der Waals surface area contributed by atoms with Gasteiger partial charge in [-0.15, -0.1) is 10.2 Å². The molecule has 90 valence electrons. The Hall–Kier alpha value is -0.980. The van der Waals surface area contributed by atoms with Crippen LogP contribution in [0.3, 0.4) is 0 Å². The van der Waals surface area contributed by atoms with E-state index in [9.17, 15) is 0 Å². The molecule has 2 N–H and O–H groups in total. The molecule has 1 atom stereocenters. The Morgan fingerprint density at radius 1 is 1.53 bits per heavy atom. The Morgan fingerprint density at radius 3 is 2.88 bits per heavy atom. The molecule has 0 radical (unpaired) electrons. The zero-order valence-electron chi connectivity index (χ0n) is 9.14. The van der Waals surface area contributed by atoms with Crippen molar-refractivity contribution in [3.8, 4) is 0 Å². The van der Waals surface area contributed by atoms with Gasteiger partial charge in [-0.05, 0) is 38.8 Å². The molecule has 7 heteroatoms. The number of hydrogen-bond donors (Lipinski definition) is 1. The number of aryl methyl sites for hydroxylation is 1. The zero-order valence-corrected chi connectivity index (χ0v) is 11.5. The number of rotatable bonds is 3. The molecule has 5 nitrogen and oxygen atoms in total. The molecule has 0 aliphatic carbocycles. The lowest BCUT2D eigenvalue weighted by molar-refractivity contribution is 0.622. The highest BCUT2D eigenvalue weighted by Gasteiger charge is 2.12. The molecule has 1 aromatic carbocycles. The molecule has 2 rings (SSSR count). The van der Waals surface area contributed by atoms with Crippen molar-refractivity contribution in [2.45, 2.75) is 12.5 Å². The van der Waals surface area contributed by atoms with Crippen LogP contribution in [0.1, 0.15) is 17.4 Å². The number of aromatic nitrogens is 4. The minimum absolute atomic E-state index is 0.173.